The summed E-state index contributed by atoms with van der Waals surface area (Å²) in [5, 5.41) is 12.8. The van der Waals surface area contributed by atoms with Crippen molar-refractivity contribution < 1.29 is 14.6 Å². The highest BCUT2D eigenvalue weighted by Crippen LogP contribution is 2.18. The van der Waals surface area contributed by atoms with Crippen molar-refractivity contribution in [2.24, 2.45) is 0 Å². The molecule has 0 aromatic carbocycles. The maximum Gasteiger partial charge on any atom is 0.244 e. The van der Waals surface area contributed by atoms with Gasteiger partial charge in [0, 0.05) is 6.92 Å². The number of rotatable bonds is 4. The molecule has 2 heterocycles. The van der Waals surface area contributed by atoms with E-state index in [1.807, 2.05) is 0 Å². The zero-order valence-electron chi connectivity index (χ0n) is 9.96. The first-order valence-electron chi connectivity index (χ1n) is 5.47. The van der Waals surface area contributed by atoms with Crippen LogP contribution in [0.5, 0.6) is 0 Å². The number of pyridine rings is 1. The lowest BCUT2D eigenvalue weighted by Gasteiger charge is -1.98. The number of carbonyl (C=O) groups excluding carboxylic acids is 1. The van der Waals surface area contributed by atoms with Crippen LogP contribution in [-0.2, 0) is 11.3 Å². The van der Waals surface area contributed by atoms with Crippen LogP contribution in [0.15, 0.2) is 12.1 Å². The van der Waals surface area contributed by atoms with Gasteiger partial charge in [0.25, 0.3) is 0 Å². The molecule has 0 bridgehead atoms. The summed E-state index contributed by atoms with van der Waals surface area (Å²) in [7, 11) is 0. The number of hydrogen-bond donors (Lipinski definition) is 2. The normalized spacial score (nSPS) is 11.0. The monoisotopic (exact) mass is 250 g/mol. The van der Waals surface area contributed by atoms with Gasteiger partial charge in [-0.2, -0.15) is 9.78 Å². The third-order valence-electron chi connectivity index (χ3n) is 2.39. The van der Waals surface area contributed by atoms with Gasteiger partial charge in [-0.1, -0.05) is 0 Å². The van der Waals surface area contributed by atoms with Gasteiger partial charge in [-0.25, -0.2) is 4.98 Å². The van der Waals surface area contributed by atoms with Crippen LogP contribution in [0.1, 0.15) is 17.4 Å². The SMILES string of the molecule is CC(=O)n1nc(COCCO)c2nc(N)ccc21. The van der Waals surface area contributed by atoms with Crippen molar-refractivity contribution in [3.63, 3.8) is 0 Å². The summed E-state index contributed by atoms with van der Waals surface area (Å²) in [5.74, 6) is 0.147. The molecular weight excluding hydrogens is 236 g/mol. The largest absolute Gasteiger partial charge is 0.394 e. The minimum atomic E-state index is -0.208. The van der Waals surface area contributed by atoms with Crippen LogP contribution in [0.2, 0.25) is 0 Å². The van der Waals surface area contributed by atoms with Gasteiger partial charge >= 0.3 is 0 Å². The van der Waals surface area contributed by atoms with Crippen molar-refractivity contribution >= 4 is 22.8 Å². The van der Waals surface area contributed by atoms with E-state index in [-0.39, 0.29) is 25.7 Å². The van der Waals surface area contributed by atoms with Crippen molar-refractivity contribution in [2.45, 2.75) is 13.5 Å². The summed E-state index contributed by atoms with van der Waals surface area (Å²) in [6.07, 6.45) is 0. The second kappa shape index (κ2) is 5.11. The molecule has 2 aromatic heterocycles. The smallest absolute Gasteiger partial charge is 0.244 e. The van der Waals surface area contributed by atoms with E-state index >= 15 is 0 Å². The quantitative estimate of drug-likeness (QED) is 0.750. The molecule has 2 rings (SSSR count). The Hall–Kier alpha value is -1.99. The summed E-state index contributed by atoms with van der Waals surface area (Å²) in [4.78, 5) is 15.6. The number of fused-ring (bicyclic) bond motifs is 1. The number of nitrogens with two attached hydrogens (primary N) is 1. The predicted molar refractivity (Wildman–Crippen MR) is 65.0 cm³/mol. The fourth-order valence-electron chi connectivity index (χ4n) is 1.64. The van der Waals surface area contributed by atoms with Crippen LogP contribution in [0, 0.1) is 0 Å². The van der Waals surface area contributed by atoms with Gasteiger partial charge in [0.05, 0.1) is 25.3 Å². The zero-order chi connectivity index (χ0) is 13.1. The van der Waals surface area contributed by atoms with E-state index in [1.54, 1.807) is 12.1 Å². The zero-order valence-corrected chi connectivity index (χ0v) is 9.96. The molecule has 18 heavy (non-hydrogen) atoms. The predicted octanol–water partition coefficient (Wildman–Crippen LogP) is 0.182. The average molecular weight is 250 g/mol. The number of hydrogen-bond acceptors (Lipinski definition) is 6. The number of aliphatic hydroxyl groups excluding tert-OH is 1. The summed E-state index contributed by atoms with van der Waals surface area (Å²) in [5.41, 5.74) is 7.29. The number of nitrogens with zero attached hydrogens (tertiary/aromatic N) is 3. The third kappa shape index (κ3) is 2.31. The third-order valence-corrected chi connectivity index (χ3v) is 2.39. The van der Waals surface area contributed by atoms with E-state index in [9.17, 15) is 4.79 Å². The van der Waals surface area contributed by atoms with Gasteiger partial charge in [0.1, 0.15) is 17.0 Å². The van der Waals surface area contributed by atoms with Crippen molar-refractivity contribution in [2.75, 3.05) is 18.9 Å². The highest BCUT2D eigenvalue weighted by Gasteiger charge is 2.14. The van der Waals surface area contributed by atoms with E-state index in [4.69, 9.17) is 15.6 Å². The summed E-state index contributed by atoms with van der Waals surface area (Å²) < 4.78 is 6.46. The molecule has 0 fully saturated rings. The van der Waals surface area contributed by atoms with Crippen molar-refractivity contribution in [3.05, 3.63) is 17.8 Å². The van der Waals surface area contributed by atoms with Crippen LogP contribution in [0.25, 0.3) is 11.0 Å². The Morgan fingerprint density at radius 1 is 1.56 bits per heavy atom. The Bertz CT molecular complexity index is 579. The highest BCUT2D eigenvalue weighted by molar-refractivity contribution is 5.89. The molecule has 0 aliphatic heterocycles. The lowest BCUT2D eigenvalue weighted by atomic mass is 10.3. The van der Waals surface area contributed by atoms with Gasteiger partial charge in [-0.05, 0) is 12.1 Å². The van der Waals surface area contributed by atoms with Gasteiger partial charge in [-0.15, -0.1) is 0 Å². The Morgan fingerprint density at radius 3 is 3.00 bits per heavy atom. The van der Waals surface area contributed by atoms with Gasteiger partial charge < -0.3 is 15.6 Å². The number of aliphatic hydroxyl groups is 1. The van der Waals surface area contributed by atoms with E-state index < -0.39 is 0 Å². The molecule has 0 atom stereocenters. The van der Waals surface area contributed by atoms with E-state index in [2.05, 4.69) is 10.1 Å². The van der Waals surface area contributed by atoms with Crippen LogP contribution in [-0.4, -0.2) is 39.0 Å². The van der Waals surface area contributed by atoms with E-state index in [0.29, 0.717) is 22.5 Å². The lowest BCUT2D eigenvalue weighted by molar-refractivity contribution is 0.0791. The molecule has 0 saturated heterocycles. The molecule has 0 spiro atoms. The fourth-order valence-corrected chi connectivity index (χ4v) is 1.64. The maximum absolute atomic E-state index is 11.4. The van der Waals surface area contributed by atoms with Crippen molar-refractivity contribution in [3.8, 4) is 0 Å². The lowest BCUT2D eigenvalue weighted by Crippen LogP contribution is -2.08. The second-order valence-electron chi connectivity index (χ2n) is 3.76. The molecule has 0 saturated carbocycles. The van der Waals surface area contributed by atoms with E-state index in [1.165, 1.54) is 11.6 Å². The van der Waals surface area contributed by atoms with Crippen molar-refractivity contribution in [1.29, 1.82) is 0 Å². The number of anilines is 1. The molecule has 0 radical (unpaired) electrons. The average Bonchev–Trinajstić information content (AvgIpc) is 2.68. The Labute approximate surface area is 103 Å². The summed E-state index contributed by atoms with van der Waals surface area (Å²) >= 11 is 0. The number of aromatic nitrogens is 3. The number of ether oxygens (including phenoxy) is 1. The first-order valence-corrected chi connectivity index (χ1v) is 5.47. The topological polar surface area (TPSA) is 103 Å². The minimum absolute atomic E-state index is 0.0685. The molecule has 7 heteroatoms. The second-order valence-corrected chi connectivity index (χ2v) is 3.76. The molecule has 2 aromatic rings. The molecule has 0 aliphatic rings. The first kappa shape index (κ1) is 12.5. The molecule has 0 unspecified atom stereocenters. The Morgan fingerprint density at radius 2 is 2.33 bits per heavy atom. The van der Waals surface area contributed by atoms with Crippen LogP contribution in [0.3, 0.4) is 0 Å². The Kier molecular flexibility index (Phi) is 3.54. The number of nitrogen functional groups attached to an aromatic ring is 1. The molecular formula is C11H14N4O3. The fraction of sp³-hybridized carbons (Fsp3) is 0.364. The maximum atomic E-state index is 11.4. The molecule has 96 valence electrons. The van der Waals surface area contributed by atoms with Crippen LogP contribution in [0.4, 0.5) is 5.82 Å². The molecule has 3 N–H and O–H groups in total. The number of carbonyl (C=O) groups is 1. The van der Waals surface area contributed by atoms with Gasteiger partial charge in [0.2, 0.25) is 5.91 Å². The van der Waals surface area contributed by atoms with E-state index in [0.717, 1.165) is 0 Å². The van der Waals surface area contributed by atoms with Gasteiger partial charge in [0.15, 0.2) is 0 Å². The van der Waals surface area contributed by atoms with Crippen LogP contribution >= 0.6 is 0 Å². The summed E-state index contributed by atoms with van der Waals surface area (Å²) in [6.45, 7) is 1.73. The molecule has 7 nitrogen and oxygen atoms in total. The highest BCUT2D eigenvalue weighted by atomic mass is 16.5. The van der Waals surface area contributed by atoms with Crippen LogP contribution < -0.4 is 5.73 Å². The Balaban J connectivity index is 2.44. The standard InChI is InChI=1S/C11H14N4O3/c1-7(17)15-9-2-3-10(12)13-11(9)8(14-15)6-18-5-4-16/h2-3,16H,4-6H2,1H3,(H2,12,13). The molecule has 0 amide bonds. The van der Waals surface area contributed by atoms with Crippen molar-refractivity contribution in [1.82, 2.24) is 14.8 Å². The minimum Gasteiger partial charge on any atom is -0.394 e. The molecule has 0 aliphatic carbocycles. The first-order chi connectivity index (χ1) is 8.63. The van der Waals surface area contributed by atoms with Gasteiger partial charge in [-0.3, -0.25) is 4.79 Å². The summed E-state index contributed by atoms with van der Waals surface area (Å²) in [6, 6.07) is 3.31.